The van der Waals surface area contributed by atoms with E-state index in [0.717, 1.165) is 24.0 Å². The number of piperidine rings is 1. The first kappa shape index (κ1) is 13.2. The molecule has 0 bridgehead atoms. The monoisotopic (exact) mass is 267 g/mol. The second-order valence-electron chi connectivity index (χ2n) is 6.22. The van der Waals surface area contributed by atoms with Crippen molar-refractivity contribution in [1.82, 2.24) is 4.90 Å². The van der Waals surface area contributed by atoms with Crippen LogP contribution in [0.4, 0.5) is 0 Å². The molecule has 0 spiro atoms. The molecule has 1 heterocycles. The van der Waals surface area contributed by atoms with E-state index >= 15 is 0 Å². The molecule has 0 N–H and O–H groups in total. The second-order valence-corrected chi connectivity index (χ2v) is 6.22. The van der Waals surface area contributed by atoms with E-state index < -0.39 is 0 Å². The van der Waals surface area contributed by atoms with Gasteiger partial charge in [0.15, 0.2) is 0 Å². The number of carbonyl (C=O) groups is 1. The first-order valence-electron chi connectivity index (χ1n) is 7.41. The number of hydrogen-bond acceptors (Lipinski definition) is 1. The smallest absolute Gasteiger partial charge is 0.253 e. The summed E-state index contributed by atoms with van der Waals surface area (Å²) in [6.45, 7) is 6.23. The Bertz CT molecular complexity index is 624. The van der Waals surface area contributed by atoms with Gasteiger partial charge < -0.3 is 4.90 Å². The van der Waals surface area contributed by atoms with Crippen LogP contribution in [0.3, 0.4) is 0 Å². The number of fused-ring (bicyclic) bond motifs is 1. The fourth-order valence-electron chi connectivity index (χ4n) is 3.33. The van der Waals surface area contributed by atoms with E-state index in [-0.39, 0.29) is 5.91 Å². The molecular weight excluding hydrogens is 246 g/mol. The average molecular weight is 267 g/mol. The first-order chi connectivity index (χ1) is 9.63. The van der Waals surface area contributed by atoms with E-state index in [2.05, 4.69) is 26.0 Å². The number of rotatable bonds is 1. The van der Waals surface area contributed by atoms with E-state index in [4.69, 9.17) is 0 Å². The molecule has 20 heavy (non-hydrogen) atoms. The fourth-order valence-corrected chi connectivity index (χ4v) is 3.33. The van der Waals surface area contributed by atoms with Gasteiger partial charge in [-0.15, -0.1) is 0 Å². The maximum absolute atomic E-state index is 12.7. The Morgan fingerprint density at radius 3 is 2.35 bits per heavy atom. The van der Waals surface area contributed by atoms with Gasteiger partial charge in [0.05, 0.1) is 0 Å². The minimum atomic E-state index is 0.175. The van der Waals surface area contributed by atoms with Gasteiger partial charge in [0.2, 0.25) is 0 Å². The third-order valence-corrected chi connectivity index (χ3v) is 4.15. The van der Waals surface area contributed by atoms with Gasteiger partial charge in [-0.05, 0) is 41.2 Å². The Morgan fingerprint density at radius 2 is 1.65 bits per heavy atom. The van der Waals surface area contributed by atoms with Gasteiger partial charge in [-0.3, -0.25) is 4.79 Å². The molecule has 3 rings (SSSR count). The van der Waals surface area contributed by atoms with Crippen LogP contribution in [-0.2, 0) is 0 Å². The summed E-state index contributed by atoms with van der Waals surface area (Å²) in [5.41, 5.74) is 0.810. The summed E-state index contributed by atoms with van der Waals surface area (Å²) in [5.74, 6) is 1.38. The fraction of sp³-hybridized carbons (Fsp3) is 0.389. The molecule has 2 nitrogen and oxygen atoms in total. The van der Waals surface area contributed by atoms with Crippen molar-refractivity contribution in [2.24, 2.45) is 11.8 Å². The molecule has 104 valence electrons. The lowest BCUT2D eigenvalue weighted by Crippen LogP contribution is -2.42. The molecule has 0 unspecified atom stereocenters. The third-order valence-electron chi connectivity index (χ3n) is 4.15. The Labute approximate surface area is 120 Å². The number of hydrogen-bond donors (Lipinski definition) is 0. The summed E-state index contributed by atoms with van der Waals surface area (Å²) >= 11 is 0. The average Bonchev–Trinajstić information content (AvgIpc) is 2.45. The highest BCUT2D eigenvalue weighted by molar-refractivity contribution is 5.98. The zero-order chi connectivity index (χ0) is 14.1. The standard InChI is InChI=1S/C18H21NO/c1-13-9-14(2)12-19(11-13)18(20)17-8-7-15-5-3-4-6-16(15)10-17/h3-8,10,13-14H,9,11-12H2,1-2H3/t13-,14-/m0/s1. The van der Waals surface area contributed by atoms with Crippen LogP contribution in [0.5, 0.6) is 0 Å². The lowest BCUT2D eigenvalue weighted by molar-refractivity contribution is 0.0623. The molecule has 1 aliphatic rings. The minimum Gasteiger partial charge on any atom is -0.338 e. The Kier molecular flexibility index (Phi) is 3.47. The van der Waals surface area contributed by atoms with Gasteiger partial charge in [-0.2, -0.15) is 0 Å². The van der Waals surface area contributed by atoms with E-state index in [9.17, 15) is 4.79 Å². The van der Waals surface area contributed by atoms with Crippen molar-refractivity contribution in [3.05, 3.63) is 48.0 Å². The van der Waals surface area contributed by atoms with Crippen LogP contribution in [0.15, 0.2) is 42.5 Å². The molecule has 0 saturated carbocycles. The number of likely N-dealkylation sites (tertiary alicyclic amines) is 1. The number of carbonyl (C=O) groups excluding carboxylic acids is 1. The van der Waals surface area contributed by atoms with Crippen LogP contribution in [0.1, 0.15) is 30.6 Å². The Hall–Kier alpha value is -1.83. The van der Waals surface area contributed by atoms with Crippen molar-refractivity contribution in [3.63, 3.8) is 0 Å². The number of nitrogens with zero attached hydrogens (tertiary/aromatic N) is 1. The summed E-state index contributed by atoms with van der Waals surface area (Å²) in [7, 11) is 0. The quantitative estimate of drug-likeness (QED) is 0.766. The van der Waals surface area contributed by atoms with Crippen LogP contribution in [-0.4, -0.2) is 23.9 Å². The van der Waals surface area contributed by atoms with Crippen molar-refractivity contribution >= 4 is 16.7 Å². The molecule has 0 radical (unpaired) electrons. The molecule has 1 aliphatic heterocycles. The zero-order valence-corrected chi connectivity index (χ0v) is 12.2. The molecule has 0 aliphatic carbocycles. The second kappa shape index (κ2) is 5.28. The van der Waals surface area contributed by atoms with Crippen molar-refractivity contribution in [2.75, 3.05) is 13.1 Å². The van der Waals surface area contributed by atoms with Crippen LogP contribution < -0.4 is 0 Å². The Morgan fingerprint density at radius 1 is 1.00 bits per heavy atom. The summed E-state index contributed by atoms with van der Waals surface area (Å²) in [6.07, 6.45) is 1.22. The highest BCUT2D eigenvalue weighted by Crippen LogP contribution is 2.23. The lowest BCUT2D eigenvalue weighted by Gasteiger charge is -2.35. The van der Waals surface area contributed by atoms with E-state index in [1.807, 2.05) is 35.2 Å². The van der Waals surface area contributed by atoms with E-state index in [0.29, 0.717) is 11.8 Å². The molecule has 1 saturated heterocycles. The van der Waals surface area contributed by atoms with E-state index in [1.165, 1.54) is 11.8 Å². The van der Waals surface area contributed by atoms with Crippen LogP contribution >= 0.6 is 0 Å². The van der Waals surface area contributed by atoms with Crippen LogP contribution in [0.2, 0.25) is 0 Å². The normalized spacial score (nSPS) is 23.0. The molecule has 0 aromatic heterocycles. The molecular formula is C18H21NO. The Balaban J connectivity index is 1.88. The zero-order valence-electron chi connectivity index (χ0n) is 12.2. The van der Waals surface area contributed by atoms with Gasteiger partial charge in [0, 0.05) is 18.7 Å². The molecule has 2 aromatic rings. The van der Waals surface area contributed by atoms with Gasteiger partial charge in [-0.1, -0.05) is 44.2 Å². The van der Waals surface area contributed by atoms with Gasteiger partial charge in [0.1, 0.15) is 0 Å². The van der Waals surface area contributed by atoms with Gasteiger partial charge in [-0.25, -0.2) is 0 Å². The van der Waals surface area contributed by atoms with Crippen molar-refractivity contribution < 1.29 is 4.79 Å². The summed E-state index contributed by atoms with van der Waals surface area (Å²) < 4.78 is 0. The maximum atomic E-state index is 12.7. The predicted molar refractivity (Wildman–Crippen MR) is 82.8 cm³/mol. The minimum absolute atomic E-state index is 0.175. The predicted octanol–water partition coefficient (Wildman–Crippen LogP) is 3.96. The van der Waals surface area contributed by atoms with E-state index in [1.54, 1.807) is 0 Å². The summed E-state index contributed by atoms with van der Waals surface area (Å²) in [4.78, 5) is 14.7. The van der Waals surface area contributed by atoms with Gasteiger partial charge in [0.25, 0.3) is 5.91 Å². The molecule has 1 amide bonds. The van der Waals surface area contributed by atoms with Crippen molar-refractivity contribution in [1.29, 1.82) is 0 Å². The summed E-state index contributed by atoms with van der Waals surface area (Å²) in [5, 5.41) is 2.32. The summed E-state index contributed by atoms with van der Waals surface area (Å²) in [6, 6.07) is 14.2. The third kappa shape index (κ3) is 2.55. The number of benzene rings is 2. The molecule has 2 heteroatoms. The highest BCUT2D eigenvalue weighted by Gasteiger charge is 2.26. The highest BCUT2D eigenvalue weighted by atomic mass is 16.2. The van der Waals surface area contributed by atoms with Crippen LogP contribution in [0.25, 0.3) is 10.8 Å². The SMILES string of the molecule is C[C@H]1C[C@H](C)CN(C(=O)c2ccc3ccccc3c2)C1. The largest absolute Gasteiger partial charge is 0.338 e. The number of amides is 1. The maximum Gasteiger partial charge on any atom is 0.253 e. The topological polar surface area (TPSA) is 20.3 Å². The van der Waals surface area contributed by atoms with Crippen molar-refractivity contribution in [2.45, 2.75) is 20.3 Å². The van der Waals surface area contributed by atoms with Crippen molar-refractivity contribution in [3.8, 4) is 0 Å². The lowest BCUT2D eigenvalue weighted by atomic mass is 9.91. The van der Waals surface area contributed by atoms with Gasteiger partial charge >= 0.3 is 0 Å². The first-order valence-corrected chi connectivity index (χ1v) is 7.41. The van der Waals surface area contributed by atoms with Crippen LogP contribution in [0, 0.1) is 11.8 Å². The molecule has 2 aromatic carbocycles. The molecule has 1 fully saturated rings. The molecule has 2 atom stereocenters.